The number of ether oxygens (including phenoxy) is 2. The van der Waals surface area contributed by atoms with E-state index in [1.807, 2.05) is 37.3 Å². The highest BCUT2D eigenvalue weighted by Gasteiger charge is 2.14. The molecule has 0 aliphatic heterocycles. The van der Waals surface area contributed by atoms with E-state index < -0.39 is 0 Å². The molecule has 106 valence electrons. The molecule has 2 rings (SSSR count). The predicted octanol–water partition coefficient (Wildman–Crippen LogP) is 4.07. The molecule has 0 saturated heterocycles. The fourth-order valence-electron chi connectivity index (χ4n) is 2.16. The summed E-state index contributed by atoms with van der Waals surface area (Å²) in [5.74, 6) is 2.30. The van der Waals surface area contributed by atoms with Gasteiger partial charge in [0.05, 0.1) is 12.7 Å². The lowest BCUT2D eigenvalue weighted by Gasteiger charge is -2.17. The van der Waals surface area contributed by atoms with Crippen molar-refractivity contribution in [2.75, 3.05) is 7.11 Å². The average molecular weight is 271 g/mol. The Labute approximate surface area is 120 Å². The summed E-state index contributed by atoms with van der Waals surface area (Å²) >= 11 is 0. The van der Waals surface area contributed by atoms with Gasteiger partial charge in [0, 0.05) is 6.04 Å². The second-order valence-corrected chi connectivity index (χ2v) is 4.76. The third-order valence-electron chi connectivity index (χ3n) is 3.26. The number of benzene rings is 2. The maximum Gasteiger partial charge on any atom is 0.135 e. The highest BCUT2D eigenvalue weighted by Crippen LogP contribution is 2.35. The molecule has 0 aromatic heterocycles. The molecule has 0 saturated carbocycles. The van der Waals surface area contributed by atoms with Crippen LogP contribution in [0.2, 0.25) is 0 Å². The quantitative estimate of drug-likeness (QED) is 0.891. The van der Waals surface area contributed by atoms with Gasteiger partial charge in [-0.15, -0.1) is 0 Å². The number of hydrogen-bond acceptors (Lipinski definition) is 3. The van der Waals surface area contributed by atoms with Gasteiger partial charge in [0.15, 0.2) is 0 Å². The van der Waals surface area contributed by atoms with E-state index >= 15 is 0 Å². The van der Waals surface area contributed by atoms with Crippen molar-refractivity contribution in [1.29, 1.82) is 0 Å². The van der Waals surface area contributed by atoms with Crippen molar-refractivity contribution in [3.63, 3.8) is 0 Å². The van der Waals surface area contributed by atoms with Crippen LogP contribution in [0.1, 0.15) is 31.0 Å². The summed E-state index contributed by atoms with van der Waals surface area (Å²) < 4.78 is 11.3. The van der Waals surface area contributed by atoms with E-state index in [9.17, 15) is 0 Å². The molecular weight excluding hydrogens is 250 g/mol. The van der Waals surface area contributed by atoms with E-state index in [4.69, 9.17) is 15.2 Å². The summed E-state index contributed by atoms with van der Waals surface area (Å²) in [6.45, 7) is 4.05. The smallest absolute Gasteiger partial charge is 0.135 e. The lowest BCUT2D eigenvalue weighted by molar-refractivity contribution is 0.397. The van der Waals surface area contributed by atoms with Crippen LogP contribution in [-0.4, -0.2) is 7.11 Å². The Morgan fingerprint density at radius 1 is 1.05 bits per heavy atom. The summed E-state index contributed by atoms with van der Waals surface area (Å²) in [5.41, 5.74) is 8.20. The van der Waals surface area contributed by atoms with Crippen LogP contribution in [0.5, 0.6) is 17.2 Å². The van der Waals surface area contributed by atoms with Gasteiger partial charge in [0.25, 0.3) is 0 Å². The first-order valence-electron chi connectivity index (χ1n) is 6.85. The molecule has 0 radical (unpaired) electrons. The first-order valence-corrected chi connectivity index (χ1v) is 6.85. The molecule has 2 N–H and O–H groups in total. The van der Waals surface area contributed by atoms with Crippen molar-refractivity contribution in [3.05, 3.63) is 53.6 Å². The van der Waals surface area contributed by atoms with Crippen molar-refractivity contribution < 1.29 is 9.47 Å². The van der Waals surface area contributed by atoms with Crippen molar-refractivity contribution in [2.24, 2.45) is 5.73 Å². The molecule has 20 heavy (non-hydrogen) atoms. The predicted molar refractivity (Wildman–Crippen MR) is 81.5 cm³/mol. The Morgan fingerprint density at radius 2 is 1.70 bits per heavy atom. The molecule has 0 spiro atoms. The Bertz CT molecular complexity index is 562. The monoisotopic (exact) mass is 271 g/mol. The fourth-order valence-corrected chi connectivity index (χ4v) is 2.16. The highest BCUT2D eigenvalue weighted by molar-refractivity contribution is 5.48. The van der Waals surface area contributed by atoms with E-state index in [0.717, 1.165) is 29.2 Å². The van der Waals surface area contributed by atoms with Gasteiger partial charge in [-0.3, -0.25) is 0 Å². The largest absolute Gasteiger partial charge is 0.496 e. The van der Waals surface area contributed by atoms with Crippen molar-refractivity contribution in [3.8, 4) is 17.2 Å². The second-order valence-electron chi connectivity index (χ2n) is 4.76. The Balaban J connectivity index is 2.32. The molecule has 0 unspecified atom stereocenters. The molecule has 2 aromatic carbocycles. The lowest BCUT2D eigenvalue weighted by Crippen LogP contribution is -2.08. The first-order chi connectivity index (χ1) is 9.65. The number of nitrogens with two attached hydrogens (primary N) is 1. The van der Waals surface area contributed by atoms with E-state index in [1.54, 1.807) is 7.11 Å². The summed E-state index contributed by atoms with van der Waals surface area (Å²) in [6.07, 6.45) is 1.02. The molecule has 0 aliphatic carbocycles. The number of hydrogen-bond donors (Lipinski definition) is 1. The summed E-state index contributed by atoms with van der Waals surface area (Å²) in [7, 11) is 1.64. The molecule has 0 aliphatic rings. The zero-order valence-corrected chi connectivity index (χ0v) is 12.2. The van der Waals surface area contributed by atoms with Gasteiger partial charge in [0.2, 0.25) is 0 Å². The topological polar surface area (TPSA) is 44.5 Å². The normalized spacial score (nSPS) is 12.0. The maximum absolute atomic E-state index is 6.03. The van der Waals surface area contributed by atoms with Crippen molar-refractivity contribution in [1.82, 2.24) is 0 Å². The van der Waals surface area contributed by atoms with Crippen LogP contribution in [0.3, 0.4) is 0 Å². The Kier molecular flexibility index (Phi) is 4.64. The van der Waals surface area contributed by atoms with Gasteiger partial charge in [-0.2, -0.15) is 0 Å². The summed E-state index contributed by atoms with van der Waals surface area (Å²) in [6, 6.07) is 13.6. The van der Waals surface area contributed by atoms with Crippen LogP contribution in [-0.2, 0) is 6.42 Å². The van der Waals surface area contributed by atoms with Gasteiger partial charge in [-0.1, -0.05) is 25.1 Å². The zero-order valence-electron chi connectivity index (χ0n) is 12.2. The van der Waals surface area contributed by atoms with Crippen LogP contribution in [0.15, 0.2) is 42.5 Å². The lowest BCUT2D eigenvalue weighted by atomic mass is 10.1. The zero-order chi connectivity index (χ0) is 14.5. The highest BCUT2D eigenvalue weighted by atomic mass is 16.5. The second kappa shape index (κ2) is 6.44. The fraction of sp³-hybridized carbons (Fsp3) is 0.294. The third-order valence-corrected chi connectivity index (χ3v) is 3.26. The van der Waals surface area contributed by atoms with E-state index in [2.05, 4.69) is 19.1 Å². The maximum atomic E-state index is 6.03. The molecule has 0 heterocycles. The van der Waals surface area contributed by atoms with Crippen LogP contribution in [0.25, 0.3) is 0 Å². The van der Waals surface area contributed by atoms with E-state index in [1.165, 1.54) is 5.56 Å². The third kappa shape index (κ3) is 3.11. The molecule has 2 aromatic rings. The van der Waals surface area contributed by atoms with Crippen molar-refractivity contribution in [2.45, 2.75) is 26.3 Å². The van der Waals surface area contributed by atoms with Crippen molar-refractivity contribution >= 4 is 0 Å². The SMILES string of the molecule is CCc1ccc(Oc2cccc(OC)c2[C@H](C)N)cc1. The minimum Gasteiger partial charge on any atom is -0.496 e. The Hall–Kier alpha value is -2.00. The average Bonchev–Trinajstić information content (AvgIpc) is 2.47. The molecule has 3 nitrogen and oxygen atoms in total. The van der Waals surface area contributed by atoms with Gasteiger partial charge in [0.1, 0.15) is 17.2 Å². The number of aryl methyl sites for hydroxylation is 1. The molecule has 3 heteroatoms. The van der Waals surface area contributed by atoms with E-state index in [0.29, 0.717) is 0 Å². The Morgan fingerprint density at radius 3 is 2.25 bits per heavy atom. The van der Waals surface area contributed by atoms with Crippen LogP contribution in [0, 0.1) is 0 Å². The minimum atomic E-state index is -0.156. The summed E-state index contributed by atoms with van der Waals surface area (Å²) in [5, 5.41) is 0. The number of methoxy groups -OCH3 is 1. The molecule has 0 fully saturated rings. The van der Waals surface area contributed by atoms with Gasteiger partial charge in [-0.05, 0) is 43.2 Å². The standard InChI is InChI=1S/C17H21NO2/c1-4-13-8-10-14(11-9-13)20-16-7-5-6-15(19-3)17(16)12(2)18/h5-12H,4,18H2,1-3H3/t12-/m0/s1. The molecule has 0 amide bonds. The van der Waals surface area contributed by atoms with Gasteiger partial charge >= 0.3 is 0 Å². The van der Waals surface area contributed by atoms with Crippen LogP contribution < -0.4 is 15.2 Å². The van der Waals surface area contributed by atoms with E-state index in [-0.39, 0.29) is 6.04 Å². The first kappa shape index (κ1) is 14.4. The van der Waals surface area contributed by atoms with Crippen LogP contribution in [0.4, 0.5) is 0 Å². The molecular formula is C17H21NO2. The molecule has 1 atom stereocenters. The molecule has 0 bridgehead atoms. The van der Waals surface area contributed by atoms with Gasteiger partial charge in [-0.25, -0.2) is 0 Å². The minimum absolute atomic E-state index is 0.156. The summed E-state index contributed by atoms with van der Waals surface area (Å²) in [4.78, 5) is 0. The van der Waals surface area contributed by atoms with Crippen LogP contribution >= 0.6 is 0 Å². The number of rotatable bonds is 5. The van der Waals surface area contributed by atoms with Gasteiger partial charge < -0.3 is 15.2 Å².